The van der Waals surface area contributed by atoms with Crippen LogP contribution in [0.4, 0.5) is 17.3 Å². The lowest BCUT2D eigenvalue weighted by Gasteiger charge is -2.23. The van der Waals surface area contributed by atoms with Crippen LogP contribution in [-0.2, 0) is 16.4 Å². The molecule has 5 rings (SSSR count). The number of benzene rings is 3. The number of hydrogen-bond donors (Lipinski definition) is 4. The van der Waals surface area contributed by atoms with Gasteiger partial charge < -0.3 is 15.7 Å². The summed E-state index contributed by atoms with van der Waals surface area (Å²) in [4.78, 5) is 21.1. The van der Waals surface area contributed by atoms with E-state index < -0.39 is 10.0 Å². The molecule has 0 unspecified atom stereocenters. The zero-order valence-corrected chi connectivity index (χ0v) is 22.5. The van der Waals surface area contributed by atoms with Crippen molar-refractivity contribution in [2.24, 2.45) is 5.92 Å². The minimum absolute atomic E-state index is 0.0218. The highest BCUT2D eigenvalue weighted by Gasteiger charge is 2.21. The van der Waals surface area contributed by atoms with Crippen molar-refractivity contribution in [3.63, 3.8) is 0 Å². The minimum atomic E-state index is -4.06. The Kier molecular flexibility index (Phi) is 7.65. The fourth-order valence-electron chi connectivity index (χ4n) is 4.96. The fraction of sp³-hybridized carbons (Fsp3) is 0.276. The molecule has 202 valence electrons. The van der Waals surface area contributed by atoms with Crippen LogP contribution >= 0.6 is 0 Å². The van der Waals surface area contributed by atoms with Crippen LogP contribution in [0.3, 0.4) is 0 Å². The Morgan fingerprint density at radius 2 is 1.59 bits per heavy atom. The van der Waals surface area contributed by atoms with Gasteiger partial charge in [-0.05, 0) is 60.4 Å². The van der Waals surface area contributed by atoms with Crippen molar-refractivity contribution in [1.29, 1.82) is 0 Å². The van der Waals surface area contributed by atoms with Crippen LogP contribution in [0.2, 0.25) is 0 Å². The second-order valence-corrected chi connectivity index (χ2v) is 11.5. The van der Waals surface area contributed by atoms with E-state index in [-0.39, 0.29) is 28.2 Å². The highest BCUT2D eigenvalue weighted by atomic mass is 32.2. The predicted molar refractivity (Wildman–Crippen MR) is 152 cm³/mol. The average Bonchev–Trinajstić information content (AvgIpc) is 2.95. The first-order valence-corrected chi connectivity index (χ1v) is 14.5. The number of fused-ring (bicyclic) bond motifs is 1. The number of amides is 1. The van der Waals surface area contributed by atoms with Crippen molar-refractivity contribution in [2.75, 3.05) is 17.1 Å². The van der Waals surface area contributed by atoms with Gasteiger partial charge in [0.15, 0.2) is 11.6 Å². The van der Waals surface area contributed by atoms with E-state index in [0.29, 0.717) is 28.2 Å². The van der Waals surface area contributed by atoms with Gasteiger partial charge in [0.05, 0.1) is 15.9 Å². The molecule has 4 N–H and O–H groups in total. The largest absolute Gasteiger partial charge is 0.508 e. The van der Waals surface area contributed by atoms with E-state index in [9.17, 15) is 18.3 Å². The standard InChI is InChI=1S/C29H31N5O4S/c1-30-29(36)20-12-15-23(16-13-20)39(37,38)34-28-27(31-24-9-5-6-10-25(24)32-28)33-26-18-22(35)14-11-21(26)17-19-7-3-2-4-8-19/h5-6,9-16,18-19,35H,2-4,7-8,17H2,1H3,(H,30,36)(H,31,33)(H,32,34). The van der Waals surface area contributed by atoms with Crippen LogP contribution < -0.4 is 15.4 Å². The Labute approximate surface area is 227 Å². The number of carbonyl (C=O) groups excluding carboxylic acids is 1. The third-order valence-electron chi connectivity index (χ3n) is 7.04. The Morgan fingerprint density at radius 1 is 0.923 bits per heavy atom. The van der Waals surface area contributed by atoms with Gasteiger partial charge in [-0.15, -0.1) is 0 Å². The highest BCUT2D eigenvalue weighted by molar-refractivity contribution is 7.92. The number of anilines is 3. The molecule has 1 aliphatic carbocycles. The summed E-state index contributed by atoms with van der Waals surface area (Å²) in [7, 11) is -2.55. The lowest BCUT2D eigenvalue weighted by Crippen LogP contribution is -2.19. The molecule has 0 aliphatic heterocycles. The molecule has 1 aromatic heterocycles. The molecule has 0 spiro atoms. The molecule has 0 atom stereocenters. The van der Waals surface area contributed by atoms with E-state index in [4.69, 9.17) is 0 Å². The molecule has 1 fully saturated rings. The molecule has 1 heterocycles. The van der Waals surface area contributed by atoms with Crippen molar-refractivity contribution < 1.29 is 18.3 Å². The van der Waals surface area contributed by atoms with Gasteiger partial charge in [-0.3, -0.25) is 9.52 Å². The number of aromatic nitrogens is 2. The van der Waals surface area contributed by atoms with E-state index in [1.807, 2.05) is 12.1 Å². The molecule has 39 heavy (non-hydrogen) atoms. The van der Waals surface area contributed by atoms with Gasteiger partial charge in [0.2, 0.25) is 0 Å². The topological polar surface area (TPSA) is 133 Å². The van der Waals surface area contributed by atoms with Crippen LogP contribution in [0.5, 0.6) is 5.75 Å². The predicted octanol–water partition coefficient (Wildman–Crippen LogP) is 5.36. The number of phenolic OH excluding ortho intramolecular Hbond substituents is 1. The monoisotopic (exact) mass is 545 g/mol. The summed E-state index contributed by atoms with van der Waals surface area (Å²) in [5.41, 5.74) is 3.13. The quantitative estimate of drug-likeness (QED) is 0.234. The number of nitrogens with one attached hydrogen (secondary N) is 3. The number of nitrogens with zero attached hydrogens (tertiary/aromatic N) is 2. The minimum Gasteiger partial charge on any atom is -0.508 e. The molecular weight excluding hydrogens is 514 g/mol. The van der Waals surface area contributed by atoms with E-state index in [0.717, 1.165) is 12.0 Å². The first-order valence-electron chi connectivity index (χ1n) is 13.0. The Morgan fingerprint density at radius 3 is 2.26 bits per heavy atom. The third kappa shape index (κ3) is 6.12. The maximum Gasteiger partial charge on any atom is 0.263 e. The maximum absolute atomic E-state index is 13.3. The number of hydrogen-bond acceptors (Lipinski definition) is 7. The van der Waals surface area contributed by atoms with Crippen molar-refractivity contribution in [3.05, 3.63) is 77.9 Å². The van der Waals surface area contributed by atoms with Crippen molar-refractivity contribution in [2.45, 2.75) is 43.4 Å². The summed E-state index contributed by atoms with van der Waals surface area (Å²) < 4.78 is 29.2. The first kappa shape index (κ1) is 26.4. The lowest BCUT2D eigenvalue weighted by atomic mass is 9.84. The van der Waals surface area contributed by atoms with E-state index in [1.165, 1.54) is 63.4 Å². The van der Waals surface area contributed by atoms with Crippen LogP contribution in [0.15, 0.2) is 71.6 Å². The number of para-hydroxylation sites is 2. The number of carbonyl (C=O) groups is 1. The zero-order chi connectivity index (χ0) is 27.4. The summed E-state index contributed by atoms with van der Waals surface area (Å²) in [5, 5.41) is 16.0. The Bertz CT molecular complexity index is 1600. The van der Waals surface area contributed by atoms with Gasteiger partial charge in [-0.1, -0.05) is 50.3 Å². The lowest BCUT2D eigenvalue weighted by molar-refractivity contribution is 0.0963. The summed E-state index contributed by atoms with van der Waals surface area (Å²) in [5.74, 6) is 0.582. The molecular formula is C29H31N5O4S. The van der Waals surface area contributed by atoms with Gasteiger partial charge in [-0.2, -0.15) is 0 Å². The van der Waals surface area contributed by atoms with Crippen LogP contribution in [0, 0.1) is 5.92 Å². The molecule has 0 saturated heterocycles. The fourth-order valence-corrected chi connectivity index (χ4v) is 5.97. The number of phenols is 1. The summed E-state index contributed by atoms with van der Waals surface area (Å²) in [6.07, 6.45) is 6.89. The Hall–Kier alpha value is -4.18. The summed E-state index contributed by atoms with van der Waals surface area (Å²) >= 11 is 0. The van der Waals surface area contributed by atoms with Crippen LogP contribution in [0.1, 0.15) is 48.0 Å². The molecule has 0 bridgehead atoms. The molecule has 3 aromatic carbocycles. The molecule has 9 nitrogen and oxygen atoms in total. The highest BCUT2D eigenvalue weighted by Crippen LogP contribution is 2.34. The van der Waals surface area contributed by atoms with E-state index in [2.05, 4.69) is 25.3 Å². The average molecular weight is 546 g/mol. The first-order chi connectivity index (χ1) is 18.8. The third-order valence-corrected chi connectivity index (χ3v) is 8.39. The second kappa shape index (κ2) is 11.3. The zero-order valence-electron chi connectivity index (χ0n) is 21.6. The SMILES string of the molecule is CNC(=O)c1ccc(S(=O)(=O)Nc2nc3ccccc3nc2Nc2cc(O)ccc2CC2CCCCC2)cc1. The normalized spacial score (nSPS) is 14.2. The maximum atomic E-state index is 13.3. The summed E-state index contributed by atoms with van der Waals surface area (Å²) in [6, 6.07) is 18.0. The Balaban J connectivity index is 1.50. The molecule has 10 heteroatoms. The van der Waals surface area contributed by atoms with E-state index in [1.54, 1.807) is 30.3 Å². The van der Waals surface area contributed by atoms with Crippen molar-refractivity contribution >= 4 is 44.3 Å². The van der Waals surface area contributed by atoms with Gasteiger partial charge >= 0.3 is 0 Å². The molecule has 0 radical (unpaired) electrons. The van der Waals surface area contributed by atoms with E-state index >= 15 is 0 Å². The summed E-state index contributed by atoms with van der Waals surface area (Å²) in [6.45, 7) is 0. The van der Waals surface area contributed by atoms with Crippen LogP contribution in [-0.4, -0.2) is 36.4 Å². The van der Waals surface area contributed by atoms with Gasteiger partial charge in [0.25, 0.3) is 15.9 Å². The van der Waals surface area contributed by atoms with Gasteiger partial charge in [-0.25, -0.2) is 18.4 Å². The molecule has 1 saturated carbocycles. The van der Waals surface area contributed by atoms with Crippen LogP contribution in [0.25, 0.3) is 11.0 Å². The second-order valence-electron chi connectivity index (χ2n) is 9.79. The number of rotatable bonds is 8. The number of sulfonamides is 1. The molecule has 1 aliphatic rings. The van der Waals surface area contributed by atoms with Gasteiger partial charge in [0.1, 0.15) is 5.75 Å². The smallest absolute Gasteiger partial charge is 0.263 e. The van der Waals surface area contributed by atoms with Crippen molar-refractivity contribution in [1.82, 2.24) is 15.3 Å². The molecule has 4 aromatic rings. The number of aromatic hydroxyl groups is 1. The van der Waals surface area contributed by atoms with Gasteiger partial charge in [0, 0.05) is 24.4 Å². The van der Waals surface area contributed by atoms with Crippen molar-refractivity contribution in [3.8, 4) is 5.75 Å². The molecule has 1 amide bonds.